The topological polar surface area (TPSA) is 34.4 Å². The summed E-state index contributed by atoms with van der Waals surface area (Å²) in [7, 11) is 0. The van der Waals surface area contributed by atoms with Crippen LogP contribution in [-0.2, 0) is 0 Å². The summed E-state index contributed by atoms with van der Waals surface area (Å²) in [5, 5.41) is 4.26. The highest BCUT2D eigenvalue weighted by molar-refractivity contribution is 7.17. The van der Waals surface area contributed by atoms with Crippen LogP contribution in [0.25, 0.3) is 4.83 Å². The van der Waals surface area contributed by atoms with Crippen molar-refractivity contribution in [3.05, 3.63) is 22.3 Å². The Morgan fingerprint density at radius 2 is 2.23 bits per heavy atom. The van der Waals surface area contributed by atoms with Gasteiger partial charge in [-0.05, 0) is 20.8 Å². The van der Waals surface area contributed by atoms with Crippen LogP contribution in [0.5, 0.6) is 0 Å². The van der Waals surface area contributed by atoms with Crippen molar-refractivity contribution in [3.8, 4) is 0 Å². The molecule has 13 heavy (non-hydrogen) atoms. The molecule has 0 aliphatic heterocycles. The number of carbonyl (C=O) groups excluding carboxylic acids is 1. The number of aromatic nitrogens is 2. The average molecular weight is 194 g/mol. The van der Waals surface area contributed by atoms with Gasteiger partial charge in [0.25, 0.3) is 0 Å². The number of Topliss-reactive ketones (excluding diaryl/α,β-unsaturated/α-hetero) is 1. The van der Waals surface area contributed by atoms with E-state index in [1.807, 2.05) is 20.0 Å². The summed E-state index contributed by atoms with van der Waals surface area (Å²) < 4.78 is 1.78. The van der Waals surface area contributed by atoms with Gasteiger partial charge in [0, 0.05) is 11.1 Å². The Kier molecular flexibility index (Phi) is 1.73. The summed E-state index contributed by atoms with van der Waals surface area (Å²) in [6, 6.07) is 0. The first kappa shape index (κ1) is 8.44. The second kappa shape index (κ2) is 2.67. The maximum atomic E-state index is 11.3. The van der Waals surface area contributed by atoms with E-state index in [-0.39, 0.29) is 5.78 Å². The molecule has 0 aromatic carbocycles. The molecule has 0 N–H and O–H groups in total. The van der Waals surface area contributed by atoms with Crippen LogP contribution in [0.3, 0.4) is 0 Å². The van der Waals surface area contributed by atoms with E-state index in [0.717, 1.165) is 16.1 Å². The molecule has 0 saturated carbocycles. The minimum atomic E-state index is 0.0920. The van der Waals surface area contributed by atoms with Gasteiger partial charge in [-0.2, -0.15) is 5.10 Å². The first-order valence-corrected chi connectivity index (χ1v) is 4.87. The van der Waals surface area contributed by atoms with Crippen LogP contribution in [0.15, 0.2) is 6.20 Å². The molecule has 2 aromatic rings. The van der Waals surface area contributed by atoms with Crippen LogP contribution in [0.1, 0.15) is 27.9 Å². The van der Waals surface area contributed by atoms with Crippen LogP contribution in [-0.4, -0.2) is 15.4 Å². The number of hydrogen-bond donors (Lipinski definition) is 0. The molecule has 0 saturated heterocycles. The average Bonchev–Trinajstić information content (AvgIpc) is 2.41. The van der Waals surface area contributed by atoms with Gasteiger partial charge < -0.3 is 0 Å². The van der Waals surface area contributed by atoms with Crippen molar-refractivity contribution in [3.63, 3.8) is 0 Å². The summed E-state index contributed by atoms with van der Waals surface area (Å²) in [6.45, 7) is 5.46. The lowest BCUT2D eigenvalue weighted by Crippen LogP contribution is -1.91. The quantitative estimate of drug-likeness (QED) is 0.652. The van der Waals surface area contributed by atoms with Gasteiger partial charge in [-0.3, -0.25) is 4.79 Å². The highest BCUT2D eigenvalue weighted by atomic mass is 32.1. The molecule has 0 fully saturated rings. The van der Waals surface area contributed by atoms with Crippen LogP contribution in [0.4, 0.5) is 0 Å². The SMILES string of the molecule is CC(=O)c1c(C)nn2cc(C)sc12. The summed E-state index contributed by atoms with van der Waals surface area (Å²) in [5.74, 6) is 0.0920. The number of ketones is 1. The smallest absolute Gasteiger partial charge is 0.164 e. The number of rotatable bonds is 1. The minimum absolute atomic E-state index is 0.0920. The largest absolute Gasteiger partial charge is 0.294 e. The van der Waals surface area contributed by atoms with Crippen molar-refractivity contribution in [1.29, 1.82) is 0 Å². The fourth-order valence-corrected chi connectivity index (χ4v) is 2.51. The molecule has 2 rings (SSSR count). The van der Waals surface area contributed by atoms with Crippen LogP contribution in [0.2, 0.25) is 0 Å². The predicted molar refractivity (Wildman–Crippen MR) is 52.5 cm³/mol. The summed E-state index contributed by atoms with van der Waals surface area (Å²) in [5.41, 5.74) is 1.58. The fraction of sp³-hybridized carbons (Fsp3) is 0.333. The Labute approximate surface area is 80.0 Å². The Morgan fingerprint density at radius 3 is 2.85 bits per heavy atom. The molecule has 0 atom stereocenters. The molecule has 0 aliphatic carbocycles. The van der Waals surface area contributed by atoms with E-state index in [1.165, 1.54) is 4.88 Å². The van der Waals surface area contributed by atoms with Crippen LogP contribution in [0, 0.1) is 13.8 Å². The Hall–Kier alpha value is -1.16. The van der Waals surface area contributed by atoms with Gasteiger partial charge in [0.2, 0.25) is 0 Å². The molecule has 0 aliphatic rings. The van der Waals surface area contributed by atoms with Crippen molar-refractivity contribution in [2.45, 2.75) is 20.8 Å². The third-order valence-corrected chi connectivity index (χ3v) is 2.97. The number of thiazole rings is 1. The number of fused-ring (bicyclic) bond motifs is 1. The van der Waals surface area contributed by atoms with Crippen LogP contribution >= 0.6 is 11.3 Å². The van der Waals surface area contributed by atoms with E-state index in [9.17, 15) is 4.79 Å². The monoisotopic (exact) mass is 194 g/mol. The van der Waals surface area contributed by atoms with Gasteiger partial charge in [0.15, 0.2) is 5.78 Å². The molecule has 3 nitrogen and oxygen atoms in total. The molecular formula is C9H10N2OS. The predicted octanol–water partition coefficient (Wildman–Crippen LogP) is 2.22. The lowest BCUT2D eigenvalue weighted by molar-refractivity contribution is 0.101. The molecular weight excluding hydrogens is 184 g/mol. The van der Waals surface area contributed by atoms with E-state index in [2.05, 4.69) is 5.10 Å². The van der Waals surface area contributed by atoms with Gasteiger partial charge in [-0.1, -0.05) is 0 Å². The van der Waals surface area contributed by atoms with E-state index < -0.39 is 0 Å². The number of aryl methyl sites for hydroxylation is 2. The Bertz CT molecular complexity index is 481. The van der Waals surface area contributed by atoms with Crippen molar-refractivity contribution < 1.29 is 4.79 Å². The third kappa shape index (κ3) is 1.18. The lowest BCUT2D eigenvalue weighted by Gasteiger charge is -1.88. The summed E-state index contributed by atoms with van der Waals surface area (Å²) in [4.78, 5) is 13.4. The first-order valence-electron chi connectivity index (χ1n) is 4.06. The highest BCUT2D eigenvalue weighted by Crippen LogP contribution is 2.23. The van der Waals surface area contributed by atoms with Gasteiger partial charge in [-0.15, -0.1) is 11.3 Å². The third-order valence-electron chi connectivity index (χ3n) is 1.96. The van der Waals surface area contributed by atoms with Crippen molar-refractivity contribution in [2.24, 2.45) is 0 Å². The van der Waals surface area contributed by atoms with Gasteiger partial charge in [0.1, 0.15) is 4.83 Å². The summed E-state index contributed by atoms with van der Waals surface area (Å²) in [6.07, 6.45) is 1.94. The molecule has 2 heterocycles. The zero-order valence-electron chi connectivity index (χ0n) is 7.79. The highest BCUT2D eigenvalue weighted by Gasteiger charge is 2.14. The van der Waals surface area contributed by atoms with Gasteiger partial charge in [0.05, 0.1) is 11.3 Å². The fourth-order valence-electron chi connectivity index (χ4n) is 1.47. The minimum Gasteiger partial charge on any atom is -0.294 e. The maximum Gasteiger partial charge on any atom is 0.164 e. The van der Waals surface area contributed by atoms with E-state index in [4.69, 9.17) is 0 Å². The number of carbonyl (C=O) groups is 1. The van der Waals surface area contributed by atoms with E-state index >= 15 is 0 Å². The Balaban J connectivity index is 2.83. The molecule has 2 aromatic heterocycles. The zero-order valence-corrected chi connectivity index (χ0v) is 8.60. The normalized spacial score (nSPS) is 11.0. The maximum absolute atomic E-state index is 11.3. The second-order valence-electron chi connectivity index (χ2n) is 3.11. The molecule has 0 amide bonds. The van der Waals surface area contributed by atoms with E-state index in [0.29, 0.717) is 0 Å². The van der Waals surface area contributed by atoms with E-state index in [1.54, 1.807) is 22.8 Å². The molecule has 68 valence electrons. The van der Waals surface area contributed by atoms with Crippen LogP contribution < -0.4 is 0 Å². The van der Waals surface area contributed by atoms with Crippen molar-refractivity contribution in [2.75, 3.05) is 0 Å². The molecule has 0 radical (unpaired) electrons. The van der Waals surface area contributed by atoms with Crippen molar-refractivity contribution in [1.82, 2.24) is 9.61 Å². The lowest BCUT2D eigenvalue weighted by atomic mass is 10.2. The summed E-state index contributed by atoms with van der Waals surface area (Å²) >= 11 is 1.61. The molecule has 0 unspecified atom stereocenters. The molecule has 0 bridgehead atoms. The molecule has 0 spiro atoms. The van der Waals surface area contributed by atoms with Gasteiger partial charge >= 0.3 is 0 Å². The Morgan fingerprint density at radius 1 is 1.54 bits per heavy atom. The number of hydrogen-bond acceptors (Lipinski definition) is 3. The first-order chi connectivity index (χ1) is 6.09. The number of nitrogens with zero attached hydrogens (tertiary/aromatic N) is 2. The van der Waals surface area contributed by atoms with Gasteiger partial charge in [-0.25, -0.2) is 4.52 Å². The standard InChI is InChI=1S/C9H10N2OS/c1-5-4-11-9(13-5)8(7(3)12)6(2)10-11/h4H,1-3H3. The zero-order chi connectivity index (χ0) is 9.59. The van der Waals surface area contributed by atoms with Crippen molar-refractivity contribution >= 4 is 22.0 Å². The second-order valence-corrected chi connectivity index (χ2v) is 4.34. The molecule has 4 heteroatoms.